The summed E-state index contributed by atoms with van der Waals surface area (Å²) < 4.78 is 35.7. The Balaban J connectivity index is 0.955. The molecular weight excluding hydrogens is 731 g/mol. The van der Waals surface area contributed by atoms with Crippen LogP contribution in [-0.2, 0) is 41.3 Å². The largest absolute Gasteiger partial charge is 0.486 e. The number of nitrogens with zero attached hydrogens (tertiary/aromatic N) is 8. The van der Waals surface area contributed by atoms with Gasteiger partial charge in [0.25, 0.3) is 11.8 Å². The number of morpholine rings is 1. The number of H-pyrrole nitrogens is 1. The number of benzene rings is 1. The van der Waals surface area contributed by atoms with E-state index in [1.165, 1.54) is 23.0 Å². The van der Waals surface area contributed by atoms with E-state index >= 15 is 0 Å². The summed E-state index contributed by atoms with van der Waals surface area (Å²) in [6, 6.07) is 9.13. The van der Waals surface area contributed by atoms with Gasteiger partial charge in [0.15, 0.2) is 5.82 Å². The van der Waals surface area contributed by atoms with Crippen LogP contribution in [0.25, 0.3) is 22.4 Å². The predicted octanol–water partition coefficient (Wildman–Crippen LogP) is 2.51. The average molecular weight is 766 g/mol. The van der Waals surface area contributed by atoms with Crippen LogP contribution in [0, 0.1) is 4.78 Å². The number of pyridine rings is 1. The summed E-state index contributed by atoms with van der Waals surface area (Å²) in [7, 11) is -3.42. The highest BCUT2D eigenvalue weighted by Crippen LogP contribution is 2.54. The summed E-state index contributed by atoms with van der Waals surface area (Å²) in [6.45, 7) is 3.59. The molecule has 0 spiro atoms. The van der Waals surface area contributed by atoms with Crippen molar-refractivity contribution in [2.75, 3.05) is 24.7 Å². The molecule has 55 heavy (non-hydrogen) atoms. The van der Waals surface area contributed by atoms with Crippen LogP contribution in [0.4, 0.5) is 5.82 Å². The number of hydrogen-bond donors (Lipinski definition) is 3. The fourth-order valence-electron chi connectivity index (χ4n) is 7.56. The lowest BCUT2D eigenvalue weighted by atomic mass is 10.0. The van der Waals surface area contributed by atoms with E-state index in [9.17, 15) is 28.2 Å². The second kappa shape index (κ2) is 13.0. The number of aromatic nitrogens is 7. The van der Waals surface area contributed by atoms with E-state index in [1.54, 1.807) is 18.5 Å². The number of anilines is 1. The van der Waals surface area contributed by atoms with Gasteiger partial charge < -0.3 is 19.4 Å². The number of nitrogens with one attached hydrogen (secondary N) is 3. The van der Waals surface area contributed by atoms with Crippen molar-refractivity contribution in [2.45, 2.75) is 61.9 Å². The van der Waals surface area contributed by atoms with Crippen molar-refractivity contribution in [2.24, 2.45) is 0 Å². The van der Waals surface area contributed by atoms with Crippen molar-refractivity contribution >= 4 is 50.2 Å². The Labute approximate surface area is 313 Å². The molecule has 9 rings (SSSR count). The van der Waals surface area contributed by atoms with Gasteiger partial charge in [-0.25, -0.2) is 23.8 Å². The minimum atomic E-state index is -3.42. The van der Waals surface area contributed by atoms with Gasteiger partial charge in [0, 0.05) is 42.4 Å². The lowest BCUT2D eigenvalue weighted by Crippen LogP contribution is -2.54. The molecule has 3 aliphatic heterocycles. The first-order chi connectivity index (χ1) is 26.5. The van der Waals surface area contributed by atoms with Gasteiger partial charge in [0.1, 0.15) is 41.4 Å². The van der Waals surface area contributed by atoms with Crippen molar-refractivity contribution in [1.29, 1.82) is 4.78 Å². The Hall–Kier alpha value is -6.08. The molecule has 0 radical (unpaired) electrons. The molecule has 18 nitrogen and oxygen atoms in total. The number of carbonyl (C=O) groups excluding carboxylic acids is 4. The summed E-state index contributed by atoms with van der Waals surface area (Å²) in [5.74, 6) is -1.53. The first-order valence-corrected chi connectivity index (χ1v) is 19.5. The maximum Gasteiger partial charge on any atom is 0.266 e. The van der Waals surface area contributed by atoms with Crippen molar-refractivity contribution < 1.29 is 32.9 Å². The number of ether oxygens (including phenoxy) is 2. The van der Waals surface area contributed by atoms with Crippen LogP contribution in [0.1, 0.15) is 64.7 Å². The lowest BCUT2D eigenvalue weighted by Gasteiger charge is -2.35. The molecule has 4 aromatic heterocycles. The first-order valence-electron chi connectivity index (χ1n) is 17.8. The third-order valence-corrected chi connectivity index (χ3v) is 13.1. The Bertz CT molecular complexity index is 2530. The van der Waals surface area contributed by atoms with Crippen LogP contribution in [0.5, 0.6) is 5.75 Å². The molecule has 2 saturated heterocycles. The third-order valence-electron chi connectivity index (χ3n) is 10.6. The minimum Gasteiger partial charge on any atom is -0.486 e. The van der Waals surface area contributed by atoms with Crippen LogP contribution in [0.2, 0.25) is 0 Å². The summed E-state index contributed by atoms with van der Waals surface area (Å²) >= 11 is 0. The molecule has 5 aromatic rings. The van der Waals surface area contributed by atoms with Crippen LogP contribution in [0.3, 0.4) is 0 Å². The van der Waals surface area contributed by atoms with Crippen molar-refractivity contribution in [3.05, 3.63) is 77.5 Å². The summed E-state index contributed by atoms with van der Waals surface area (Å²) in [5, 5.41) is 11.3. The second-order valence-corrected chi connectivity index (χ2v) is 16.5. The zero-order valence-electron chi connectivity index (χ0n) is 29.6. The summed E-state index contributed by atoms with van der Waals surface area (Å²) in [6.07, 6.45) is 6.04. The van der Waals surface area contributed by atoms with E-state index in [2.05, 4.69) is 37.4 Å². The number of hydrogen-bond acceptors (Lipinski definition) is 14. The molecule has 3 atom stereocenters. The standard InChI is InChI=1S/C36H35N11O7S/c1-20-17-53-14-13-46(20)28-15-27(40-32(41-28)23-8-12-39-31-22(23)7-11-38-31)36(9-10-36)55(37,52)19-45-16-21(43-44-45)18-54-26-4-2-3-24-30(26)35(51)47(34(24)50)25-5-6-29(48)42-33(25)49/h2-4,7-8,11-12,15-16,20,25,37H,5-6,9-10,13-14,17-19H2,1H3,(H,38,39)(H,42,48,49)/t20-,25?,55-/m1/s1. The molecule has 282 valence electrons. The number of piperidine rings is 1. The van der Waals surface area contributed by atoms with E-state index in [0.717, 1.165) is 15.8 Å². The fourth-order valence-corrected chi connectivity index (χ4v) is 9.51. The molecule has 1 aromatic carbocycles. The van der Waals surface area contributed by atoms with Crippen LogP contribution >= 0.6 is 0 Å². The molecule has 19 heteroatoms. The number of aromatic amines is 1. The van der Waals surface area contributed by atoms with Gasteiger partial charge in [-0.05, 0) is 50.5 Å². The number of rotatable bonds is 10. The second-order valence-electron chi connectivity index (χ2n) is 14.1. The first kappa shape index (κ1) is 34.7. The number of carbonyl (C=O) groups is 4. The van der Waals surface area contributed by atoms with Crippen LogP contribution < -0.4 is 15.0 Å². The van der Waals surface area contributed by atoms with Crippen LogP contribution in [-0.4, -0.2) is 99.5 Å². The van der Waals surface area contributed by atoms with E-state index in [4.69, 9.17) is 19.4 Å². The monoisotopic (exact) mass is 765 g/mol. The van der Waals surface area contributed by atoms with E-state index in [1.807, 2.05) is 18.2 Å². The number of imide groups is 2. The maximum absolute atomic E-state index is 14.5. The Morgan fingerprint density at radius 3 is 2.75 bits per heavy atom. The highest BCUT2D eigenvalue weighted by atomic mass is 32.2. The maximum atomic E-state index is 14.5. The highest BCUT2D eigenvalue weighted by Gasteiger charge is 2.55. The zero-order valence-corrected chi connectivity index (χ0v) is 30.4. The number of fused-ring (bicyclic) bond motifs is 2. The van der Waals surface area contributed by atoms with Gasteiger partial charge in [-0.3, -0.25) is 34.2 Å². The highest BCUT2D eigenvalue weighted by molar-refractivity contribution is 7.92. The van der Waals surface area contributed by atoms with Gasteiger partial charge >= 0.3 is 0 Å². The fraction of sp³-hybridized carbons (Fsp3) is 0.361. The number of amides is 4. The van der Waals surface area contributed by atoms with Crippen LogP contribution in [0.15, 0.2) is 55.0 Å². The molecule has 4 aliphatic rings. The molecule has 7 heterocycles. The zero-order chi connectivity index (χ0) is 38.1. The van der Waals surface area contributed by atoms with Gasteiger partial charge in [-0.2, -0.15) is 0 Å². The molecule has 1 aliphatic carbocycles. The lowest BCUT2D eigenvalue weighted by molar-refractivity contribution is -0.136. The molecule has 3 fully saturated rings. The average Bonchev–Trinajstić information content (AvgIpc) is 3.55. The van der Waals surface area contributed by atoms with Crippen molar-refractivity contribution in [3.63, 3.8) is 0 Å². The van der Waals surface area contributed by atoms with Gasteiger partial charge in [-0.15, -0.1) is 5.10 Å². The predicted molar refractivity (Wildman–Crippen MR) is 194 cm³/mol. The molecule has 3 N–H and O–H groups in total. The minimum absolute atomic E-state index is 0.00638. The quantitative estimate of drug-likeness (QED) is 0.174. The van der Waals surface area contributed by atoms with Gasteiger partial charge in [-0.1, -0.05) is 11.3 Å². The molecular formula is C36H35N11O7S. The Kier molecular flexibility index (Phi) is 8.23. The van der Waals surface area contributed by atoms with E-state index in [0.29, 0.717) is 61.3 Å². The molecule has 0 bridgehead atoms. The Morgan fingerprint density at radius 2 is 1.95 bits per heavy atom. The van der Waals surface area contributed by atoms with Crippen molar-refractivity contribution in [3.8, 4) is 17.1 Å². The third kappa shape index (κ3) is 5.90. The van der Waals surface area contributed by atoms with Crippen molar-refractivity contribution in [1.82, 2.24) is 45.1 Å². The normalized spacial score (nSPS) is 21.8. The smallest absolute Gasteiger partial charge is 0.266 e. The SMILES string of the molecule is C[C@@H]1COCCN1c1cc(C2([S@](=N)(=O)Cn3cc(COc4cccc5c4C(=O)N(C4CCC(=O)NC4=O)C5=O)nn3)CC2)nc(-c2ccnc3[nH]ccc23)n1. The summed E-state index contributed by atoms with van der Waals surface area (Å²) in [4.78, 5) is 71.4. The van der Waals surface area contributed by atoms with E-state index < -0.39 is 44.1 Å². The summed E-state index contributed by atoms with van der Waals surface area (Å²) in [5.41, 5.74) is 2.41. The van der Waals surface area contributed by atoms with Gasteiger partial charge in [0.2, 0.25) is 11.8 Å². The van der Waals surface area contributed by atoms with E-state index in [-0.39, 0.29) is 48.2 Å². The van der Waals surface area contributed by atoms with Gasteiger partial charge in [0.05, 0.1) is 56.7 Å². The Morgan fingerprint density at radius 1 is 1.09 bits per heavy atom. The topological polar surface area (TPSA) is 231 Å². The molecule has 1 unspecified atom stereocenters. The molecule has 1 saturated carbocycles. The molecule has 4 amide bonds.